The molecule has 1 aliphatic rings. The van der Waals surface area contributed by atoms with Gasteiger partial charge in [-0.05, 0) is 42.6 Å². The highest BCUT2D eigenvalue weighted by atomic mass is 32.1. The third-order valence-corrected chi connectivity index (χ3v) is 5.03. The Morgan fingerprint density at radius 1 is 1.39 bits per heavy atom. The maximum atomic E-state index is 13.0. The van der Waals surface area contributed by atoms with E-state index in [-0.39, 0.29) is 5.56 Å². The summed E-state index contributed by atoms with van der Waals surface area (Å²) in [4.78, 5) is 13.5. The van der Waals surface area contributed by atoms with Crippen LogP contribution in [0.4, 0.5) is 4.39 Å². The third-order valence-electron chi connectivity index (χ3n) is 4.13. The largest absolute Gasteiger partial charge is 0.622 e. The molecule has 1 N–H and O–H groups in total. The molecule has 0 spiro atoms. The average Bonchev–Trinajstić information content (AvgIpc) is 3.12. The van der Waals surface area contributed by atoms with Gasteiger partial charge in [0.1, 0.15) is 11.9 Å². The fourth-order valence-electron chi connectivity index (χ4n) is 2.79. The van der Waals surface area contributed by atoms with Crippen LogP contribution in [0.2, 0.25) is 0 Å². The van der Waals surface area contributed by atoms with E-state index in [1.54, 1.807) is 19.1 Å². The second-order valence-electron chi connectivity index (χ2n) is 5.53. The van der Waals surface area contributed by atoms with E-state index in [9.17, 15) is 19.6 Å². The summed E-state index contributed by atoms with van der Waals surface area (Å²) in [5.41, 5.74) is -1.30. The Hall–Kier alpha value is -2.09. The summed E-state index contributed by atoms with van der Waals surface area (Å²) in [7, 11) is 0. The van der Waals surface area contributed by atoms with Crippen molar-refractivity contribution in [1.82, 2.24) is 5.06 Å². The molecule has 23 heavy (non-hydrogen) atoms. The predicted octanol–water partition coefficient (Wildman–Crippen LogP) is 2.88. The lowest BCUT2D eigenvalue weighted by Gasteiger charge is -2.27. The first-order valence-electron chi connectivity index (χ1n) is 7.04. The molecule has 2 heterocycles. The Labute approximate surface area is 136 Å². The number of carbonyl (C=O) groups excluding carboxylic acids is 1. The van der Waals surface area contributed by atoms with E-state index in [1.807, 2.05) is 5.38 Å². The molecule has 0 saturated carbocycles. The number of hydrogen-bond donors (Lipinski definition) is 1. The van der Waals surface area contributed by atoms with Gasteiger partial charge in [-0.15, -0.1) is 16.4 Å². The van der Waals surface area contributed by atoms with Gasteiger partial charge in [0.2, 0.25) is 5.71 Å². The molecule has 0 unspecified atom stereocenters. The number of rotatable bonds is 3. The summed E-state index contributed by atoms with van der Waals surface area (Å²) < 4.78 is 13.6. The van der Waals surface area contributed by atoms with Crippen molar-refractivity contribution >= 4 is 22.8 Å². The SMILES string of the molecule is C[C@H]1C(c2cccs2)=[N+]([O-])[C@@](C)(C(=O)c2ccc(F)cc2)N1O. The molecule has 2 aromatic rings. The van der Waals surface area contributed by atoms with Gasteiger partial charge in [-0.3, -0.25) is 4.79 Å². The topological polar surface area (TPSA) is 66.6 Å². The molecule has 1 aromatic heterocycles. The van der Waals surface area contributed by atoms with Crippen molar-refractivity contribution in [2.24, 2.45) is 0 Å². The van der Waals surface area contributed by atoms with Gasteiger partial charge < -0.3 is 10.4 Å². The molecular weight excluding hydrogens is 319 g/mol. The van der Waals surface area contributed by atoms with E-state index in [1.165, 1.54) is 30.4 Å². The van der Waals surface area contributed by atoms with Crippen LogP contribution in [0.15, 0.2) is 41.8 Å². The minimum atomic E-state index is -1.80. The minimum Gasteiger partial charge on any atom is -0.622 e. The lowest BCUT2D eigenvalue weighted by Crippen LogP contribution is -2.54. The normalized spacial score (nSPS) is 25.1. The molecule has 0 fully saturated rings. The number of hydrogen-bond acceptors (Lipinski definition) is 5. The Bertz CT molecular complexity index is 773. The van der Waals surface area contributed by atoms with Gasteiger partial charge in [-0.2, -0.15) is 4.74 Å². The highest BCUT2D eigenvalue weighted by molar-refractivity contribution is 7.12. The van der Waals surface area contributed by atoms with Crippen LogP contribution in [0.5, 0.6) is 0 Å². The Kier molecular flexibility index (Phi) is 3.79. The highest BCUT2D eigenvalue weighted by Gasteiger charge is 2.58. The third kappa shape index (κ3) is 2.28. The van der Waals surface area contributed by atoms with Gasteiger partial charge in [0, 0.05) is 12.5 Å². The highest BCUT2D eigenvalue weighted by Crippen LogP contribution is 2.32. The fraction of sp³-hybridized carbons (Fsp3) is 0.250. The number of Topliss-reactive ketones (excluding diaryl/α,β-unsaturated/α-hetero) is 1. The van der Waals surface area contributed by atoms with E-state index < -0.39 is 23.3 Å². The first-order valence-corrected chi connectivity index (χ1v) is 7.92. The molecule has 0 saturated heterocycles. The van der Waals surface area contributed by atoms with E-state index in [2.05, 4.69) is 0 Å². The molecule has 1 aliphatic heterocycles. The van der Waals surface area contributed by atoms with Gasteiger partial charge in [0.05, 0.1) is 4.88 Å². The van der Waals surface area contributed by atoms with Crippen molar-refractivity contribution in [3.05, 3.63) is 63.2 Å². The van der Waals surface area contributed by atoms with E-state index in [0.717, 1.165) is 17.2 Å². The summed E-state index contributed by atoms with van der Waals surface area (Å²) in [6.07, 6.45) is 0. The van der Waals surface area contributed by atoms with Crippen LogP contribution in [0.3, 0.4) is 0 Å². The van der Waals surface area contributed by atoms with Crippen molar-refractivity contribution < 1.29 is 19.1 Å². The van der Waals surface area contributed by atoms with E-state index in [0.29, 0.717) is 15.3 Å². The zero-order valence-electron chi connectivity index (χ0n) is 12.6. The standard InChI is InChI=1S/C16H15FN2O3S/c1-10-14(13-4-3-9-23-13)19(22)16(2,18(10)21)15(20)11-5-7-12(17)8-6-11/h3-10,21H,1-2H3/t10-,16-/m0/s1. The number of thiophene rings is 1. The monoisotopic (exact) mass is 334 g/mol. The number of benzene rings is 1. The quantitative estimate of drug-likeness (QED) is 0.532. The number of halogens is 1. The maximum Gasteiger partial charge on any atom is 0.312 e. The van der Waals surface area contributed by atoms with Crippen molar-refractivity contribution in [3.8, 4) is 0 Å². The van der Waals surface area contributed by atoms with Gasteiger partial charge in [0.25, 0.3) is 5.78 Å². The first-order chi connectivity index (χ1) is 10.9. The summed E-state index contributed by atoms with van der Waals surface area (Å²) in [5.74, 6) is -1.06. The molecule has 5 nitrogen and oxygen atoms in total. The second-order valence-corrected chi connectivity index (χ2v) is 6.48. The van der Waals surface area contributed by atoms with Gasteiger partial charge in [-0.1, -0.05) is 6.07 Å². The van der Waals surface area contributed by atoms with Gasteiger partial charge >= 0.3 is 5.66 Å². The molecule has 0 aliphatic carbocycles. The average molecular weight is 334 g/mol. The van der Waals surface area contributed by atoms with Crippen molar-refractivity contribution in [1.29, 1.82) is 0 Å². The van der Waals surface area contributed by atoms with Gasteiger partial charge in [0.15, 0.2) is 0 Å². The van der Waals surface area contributed by atoms with Crippen molar-refractivity contribution in [2.75, 3.05) is 0 Å². The molecule has 3 rings (SSSR count). The zero-order valence-corrected chi connectivity index (χ0v) is 13.4. The Morgan fingerprint density at radius 3 is 2.61 bits per heavy atom. The predicted molar refractivity (Wildman–Crippen MR) is 84.3 cm³/mol. The van der Waals surface area contributed by atoms with Crippen LogP contribution in [0, 0.1) is 11.0 Å². The molecule has 1 aromatic carbocycles. The van der Waals surface area contributed by atoms with Crippen molar-refractivity contribution in [2.45, 2.75) is 25.6 Å². The molecular formula is C16H15FN2O3S. The zero-order chi connectivity index (χ0) is 16.8. The van der Waals surface area contributed by atoms with Crippen LogP contribution in [0.25, 0.3) is 0 Å². The summed E-state index contributed by atoms with van der Waals surface area (Å²) >= 11 is 1.36. The van der Waals surface area contributed by atoms with Crippen LogP contribution >= 0.6 is 11.3 Å². The fourth-order valence-corrected chi connectivity index (χ4v) is 3.63. The minimum absolute atomic E-state index is 0.161. The molecule has 0 amide bonds. The number of nitrogens with zero attached hydrogens (tertiary/aromatic N) is 2. The van der Waals surface area contributed by atoms with Crippen LogP contribution in [-0.4, -0.2) is 38.2 Å². The number of carbonyl (C=O) groups is 1. The molecule has 2 atom stereocenters. The van der Waals surface area contributed by atoms with Crippen LogP contribution in [-0.2, 0) is 0 Å². The Morgan fingerprint density at radius 2 is 2.04 bits per heavy atom. The lowest BCUT2D eigenvalue weighted by molar-refractivity contribution is -0.561. The Balaban J connectivity index is 2.09. The summed E-state index contributed by atoms with van der Waals surface area (Å²) in [6, 6.07) is 7.83. The van der Waals surface area contributed by atoms with Crippen LogP contribution < -0.4 is 0 Å². The number of hydroxylamine groups is 3. The van der Waals surface area contributed by atoms with E-state index >= 15 is 0 Å². The molecule has 0 radical (unpaired) electrons. The summed E-state index contributed by atoms with van der Waals surface area (Å²) in [6.45, 7) is 3.02. The summed E-state index contributed by atoms with van der Waals surface area (Å²) in [5, 5.41) is 25.8. The molecule has 7 heteroatoms. The van der Waals surface area contributed by atoms with Crippen molar-refractivity contribution in [3.63, 3.8) is 0 Å². The van der Waals surface area contributed by atoms with Crippen LogP contribution in [0.1, 0.15) is 29.1 Å². The maximum absolute atomic E-state index is 13.0. The van der Waals surface area contributed by atoms with Gasteiger partial charge in [-0.25, -0.2) is 4.39 Å². The lowest BCUT2D eigenvalue weighted by atomic mass is 9.99. The first kappa shape index (κ1) is 15.8. The molecule has 120 valence electrons. The second kappa shape index (κ2) is 5.52. The smallest absolute Gasteiger partial charge is 0.312 e. The number of ketones is 1. The van der Waals surface area contributed by atoms with E-state index in [4.69, 9.17) is 0 Å². The molecule has 0 bridgehead atoms.